The number of rotatable bonds is 9. The molecule has 0 bridgehead atoms. The molecule has 0 atom stereocenters. The van der Waals surface area contributed by atoms with Crippen LogP contribution < -0.4 is 10.1 Å². The average molecular weight is 387 g/mol. The summed E-state index contributed by atoms with van der Waals surface area (Å²) in [6.07, 6.45) is -4.56. The van der Waals surface area contributed by atoms with E-state index in [-0.39, 0.29) is 18.0 Å². The molecule has 0 saturated heterocycles. The number of carbonyl (C=O) groups is 1. The maximum Gasteiger partial charge on any atom is 0.461 e. The standard InChI is InChI=1S/C18H21F4N3O2/c1-12(2)15-23-9-11-25(15)10-5-8-24-16(26)13-6-3-4-7-14(13)27-18(21,22)17(19)20/h3-4,6-7,9,11-12,17H,5,8,10H2,1-2H3,(H,24,26). The van der Waals surface area contributed by atoms with Crippen molar-refractivity contribution in [1.82, 2.24) is 14.9 Å². The molecular formula is C18H21F4N3O2. The molecule has 1 aromatic heterocycles. The molecule has 1 amide bonds. The number of alkyl halides is 4. The van der Waals surface area contributed by atoms with Crippen LogP contribution in [0.1, 0.15) is 42.4 Å². The number of carbonyl (C=O) groups excluding carboxylic acids is 1. The first-order valence-corrected chi connectivity index (χ1v) is 8.45. The number of imidazole rings is 1. The molecule has 9 heteroatoms. The Kier molecular flexibility index (Phi) is 6.81. The van der Waals surface area contributed by atoms with Gasteiger partial charge in [-0.25, -0.2) is 4.98 Å². The van der Waals surface area contributed by atoms with Crippen molar-refractivity contribution in [2.24, 2.45) is 0 Å². The third-order valence-electron chi connectivity index (χ3n) is 3.76. The molecule has 0 aliphatic carbocycles. The fourth-order valence-electron chi connectivity index (χ4n) is 2.49. The van der Waals surface area contributed by atoms with Crippen molar-refractivity contribution in [2.45, 2.75) is 45.3 Å². The van der Waals surface area contributed by atoms with Gasteiger partial charge in [-0.2, -0.15) is 17.6 Å². The van der Waals surface area contributed by atoms with Gasteiger partial charge < -0.3 is 14.6 Å². The predicted molar refractivity (Wildman–Crippen MR) is 91.3 cm³/mol. The van der Waals surface area contributed by atoms with E-state index in [1.54, 1.807) is 6.20 Å². The average Bonchev–Trinajstić information content (AvgIpc) is 3.07. The van der Waals surface area contributed by atoms with Crippen molar-refractivity contribution in [1.29, 1.82) is 0 Å². The number of hydrogen-bond acceptors (Lipinski definition) is 3. The van der Waals surface area contributed by atoms with E-state index in [9.17, 15) is 22.4 Å². The largest absolute Gasteiger partial charge is 0.461 e. The second-order valence-corrected chi connectivity index (χ2v) is 6.20. The van der Waals surface area contributed by atoms with Crippen LogP contribution in [-0.2, 0) is 6.54 Å². The summed E-state index contributed by atoms with van der Waals surface area (Å²) >= 11 is 0. The summed E-state index contributed by atoms with van der Waals surface area (Å²) in [4.78, 5) is 16.5. The van der Waals surface area contributed by atoms with Crippen LogP contribution in [-0.4, -0.2) is 34.5 Å². The molecule has 0 unspecified atom stereocenters. The highest BCUT2D eigenvalue weighted by Crippen LogP contribution is 2.29. The number of ether oxygens (including phenoxy) is 1. The van der Waals surface area contributed by atoms with Crippen LogP contribution in [0.3, 0.4) is 0 Å². The van der Waals surface area contributed by atoms with Crippen molar-refractivity contribution >= 4 is 5.91 Å². The van der Waals surface area contributed by atoms with Gasteiger partial charge >= 0.3 is 12.5 Å². The second kappa shape index (κ2) is 8.88. The van der Waals surface area contributed by atoms with Gasteiger partial charge in [0.05, 0.1) is 5.56 Å². The molecule has 0 aliphatic heterocycles. The monoisotopic (exact) mass is 387 g/mol. The Morgan fingerprint density at radius 3 is 2.67 bits per heavy atom. The third-order valence-corrected chi connectivity index (χ3v) is 3.76. The summed E-state index contributed by atoms with van der Waals surface area (Å²) in [5.41, 5.74) is -0.233. The predicted octanol–water partition coefficient (Wildman–Crippen LogP) is 4.06. The smallest absolute Gasteiger partial charge is 0.427 e. The molecule has 27 heavy (non-hydrogen) atoms. The van der Waals surface area contributed by atoms with E-state index in [1.807, 2.05) is 24.6 Å². The Hall–Kier alpha value is -2.58. The first-order valence-electron chi connectivity index (χ1n) is 8.45. The van der Waals surface area contributed by atoms with Crippen LogP contribution in [0.15, 0.2) is 36.7 Å². The van der Waals surface area contributed by atoms with Gasteiger partial charge in [0.25, 0.3) is 5.91 Å². The van der Waals surface area contributed by atoms with Gasteiger partial charge in [0, 0.05) is 31.4 Å². The number of halogens is 4. The van der Waals surface area contributed by atoms with Crippen molar-refractivity contribution in [3.63, 3.8) is 0 Å². The van der Waals surface area contributed by atoms with E-state index in [0.29, 0.717) is 13.0 Å². The number of hydrogen-bond donors (Lipinski definition) is 1. The molecule has 2 aromatic rings. The third kappa shape index (κ3) is 5.45. The molecule has 5 nitrogen and oxygen atoms in total. The minimum absolute atomic E-state index is 0.233. The highest BCUT2D eigenvalue weighted by molar-refractivity contribution is 5.96. The van der Waals surface area contributed by atoms with Crippen LogP contribution in [0, 0.1) is 0 Å². The number of nitrogens with one attached hydrogen (secondary N) is 1. The Morgan fingerprint density at radius 1 is 1.30 bits per heavy atom. The lowest BCUT2D eigenvalue weighted by Gasteiger charge is -2.18. The summed E-state index contributed by atoms with van der Waals surface area (Å²) in [6, 6.07) is 5.04. The lowest BCUT2D eigenvalue weighted by molar-refractivity contribution is -0.253. The summed E-state index contributed by atoms with van der Waals surface area (Å²) in [5.74, 6) is -0.0909. The van der Waals surface area contributed by atoms with Gasteiger partial charge in [-0.3, -0.25) is 4.79 Å². The molecule has 0 saturated carbocycles. The topological polar surface area (TPSA) is 56.2 Å². The minimum atomic E-state index is -4.68. The quantitative estimate of drug-likeness (QED) is 0.521. The van der Waals surface area contributed by atoms with E-state index < -0.39 is 24.2 Å². The molecule has 1 aromatic carbocycles. The van der Waals surface area contributed by atoms with Crippen LogP contribution in [0.5, 0.6) is 5.75 Å². The fourth-order valence-corrected chi connectivity index (χ4v) is 2.49. The number of amides is 1. The van der Waals surface area contributed by atoms with Crippen LogP contribution in [0.2, 0.25) is 0 Å². The van der Waals surface area contributed by atoms with Gasteiger partial charge in [0.15, 0.2) is 0 Å². The number of para-hydroxylation sites is 1. The van der Waals surface area contributed by atoms with Crippen LogP contribution in [0.4, 0.5) is 17.6 Å². The minimum Gasteiger partial charge on any atom is -0.427 e. The normalized spacial score (nSPS) is 11.9. The Balaban J connectivity index is 1.94. The SMILES string of the molecule is CC(C)c1nccn1CCCNC(=O)c1ccccc1OC(F)(F)C(F)F. The summed E-state index contributed by atoms with van der Waals surface area (Å²) < 4.78 is 56.9. The van der Waals surface area contributed by atoms with E-state index in [4.69, 9.17) is 0 Å². The number of nitrogens with zero attached hydrogens (tertiary/aromatic N) is 2. The second-order valence-electron chi connectivity index (χ2n) is 6.20. The number of benzene rings is 1. The van der Waals surface area contributed by atoms with Crippen LogP contribution in [0.25, 0.3) is 0 Å². The molecule has 1 heterocycles. The lowest BCUT2D eigenvalue weighted by atomic mass is 10.2. The molecule has 2 rings (SSSR count). The van der Waals surface area contributed by atoms with Crippen molar-refractivity contribution < 1.29 is 27.1 Å². The van der Waals surface area contributed by atoms with Gasteiger partial charge in [-0.1, -0.05) is 26.0 Å². The molecule has 0 fully saturated rings. The van der Waals surface area contributed by atoms with Crippen molar-refractivity contribution in [2.75, 3.05) is 6.54 Å². The van der Waals surface area contributed by atoms with Crippen molar-refractivity contribution in [3.8, 4) is 5.75 Å². The molecule has 0 radical (unpaired) electrons. The zero-order valence-electron chi connectivity index (χ0n) is 15.0. The van der Waals surface area contributed by atoms with E-state index in [2.05, 4.69) is 15.0 Å². The van der Waals surface area contributed by atoms with Gasteiger partial charge in [-0.15, -0.1) is 0 Å². The lowest BCUT2D eigenvalue weighted by Crippen LogP contribution is -2.34. The summed E-state index contributed by atoms with van der Waals surface area (Å²) in [5, 5.41) is 2.58. The number of aryl methyl sites for hydroxylation is 1. The Bertz CT molecular complexity index is 763. The maximum atomic E-state index is 13.1. The van der Waals surface area contributed by atoms with Gasteiger partial charge in [-0.05, 0) is 18.6 Å². The highest BCUT2D eigenvalue weighted by Gasteiger charge is 2.44. The van der Waals surface area contributed by atoms with E-state index in [1.165, 1.54) is 18.2 Å². The Morgan fingerprint density at radius 2 is 2.00 bits per heavy atom. The van der Waals surface area contributed by atoms with Gasteiger partial charge in [0.1, 0.15) is 11.6 Å². The van der Waals surface area contributed by atoms with Crippen LogP contribution >= 0.6 is 0 Å². The molecule has 148 valence electrons. The zero-order chi connectivity index (χ0) is 20.0. The maximum absolute atomic E-state index is 13.1. The zero-order valence-corrected chi connectivity index (χ0v) is 15.0. The molecular weight excluding hydrogens is 366 g/mol. The van der Waals surface area contributed by atoms with E-state index >= 15 is 0 Å². The molecule has 0 aliphatic rings. The highest BCUT2D eigenvalue weighted by atomic mass is 19.3. The number of aromatic nitrogens is 2. The fraction of sp³-hybridized carbons (Fsp3) is 0.444. The summed E-state index contributed by atoms with van der Waals surface area (Å²) in [7, 11) is 0. The first-order chi connectivity index (χ1) is 12.7. The van der Waals surface area contributed by atoms with Crippen molar-refractivity contribution in [3.05, 3.63) is 48.0 Å². The Labute approximate surface area is 154 Å². The van der Waals surface area contributed by atoms with E-state index in [0.717, 1.165) is 11.9 Å². The van der Waals surface area contributed by atoms with Gasteiger partial charge in [0.2, 0.25) is 0 Å². The molecule has 1 N–H and O–H groups in total. The first kappa shape index (κ1) is 20.7. The summed E-state index contributed by atoms with van der Waals surface area (Å²) in [6.45, 7) is 4.93. The molecule has 0 spiro atoms.